The van der Waals surface area contributed by atoms with Crippen LogP contribution in [0.4, 0.5) is 5.69 Å². The summed E-state index contributed by atoms with van der Waals surface area (Å²) in [6.07, 6.45) is 0. The molecule has 4 nitrogen and oxygen atoms in total. The van der Waals surface area contributed by atoms with Crippen molar-refractivity contribution >= 4 is 11.6 Å². The van der Waals surface area contributed by atoms with Crippen LogP contribution in [0.15, 0.2) is 65.1 Å². The SMILES string of the molecule is Cc1cccc(C)c1OCc1ccc(C(=O)Nc2ccccc2)o1. The molecule has 122 valence electrons. The first-order valence-corrected chi connectivity index (χ1v) is 7.77. The fraction of sp³-hybridized carbons (Fsp3) is 0.150. The zero-order valence-electron chi connectivity index (χ0n) is 13.7. The number of nitrogens with one attached hydrogen (secondary N) is 1. The van der Waals surface area contributed by atoms with E-state index in [4.69, 9.17) is 9.15 Å². The molecule has 0 radical (unpaired) electrons. The third kappa shape index (κ3) is 3.66. The monoisotopic (exact) mass is 321 g/mol. The molecule has 3 aromatic rings. The van der Waals surface area contributed by atoms with Crippen molar-refractivity contribution in [2.75, 3.05) is 5.32 Å². The molecule has 3 rings (SSSR count). The topological polar surface area (TPSA) is 51.5 Å². The highest BCUT2D eigenvalue weighted by atomic mass is 16.5. The van der Waals surface area contributed by atoms with Gasteiger partial charge in [0.2, 0.25) is 0 Å². The molecular weight excluding hydrogens is 302 g/mol. The average Bonchev–Trinajstić information content (AvgIpc) is 3.04. The number of anilines is 1. The molecule has 1 heterocycles. The fourth-order valence-corrected chi connectivity index (χ4v) is 2.46. The number of rotatable bonds is 5. The van der Waals surface area contributed by atoms with Crippen molar-refractivity contribution in [3.8, 4) is 5.75 Å². The normalized spacial score (nSPS) is 10.4. The Bertz CT molecular complexity index is 817. The summed E-state index contributed by atoms with van der Waals surface area (Å²) in [5.41, 5.74) is 2.87. The van der Waals surface area contributed by atoms with Crippen LogP contribution >= 0.6 is 0 Å². The van der Waals surface area contributed by atoms with Crippen molar-refractivity contribution in [3.05, 3.63) is 83.3 Å². The lowest BCUT2D eigenvalue weighted by atomic mass is 10.1. The zero-order chi connectivity index (χ0) is 16.9. The number of amides is 1. The van der Waals surface area contributed by atoms with Crippen molar-refractivity contribution in [1.82, 2.24) is 0 Å². The lowest BCUT2D eigenvalue weighted by molar-refractivity contribution is 0.0992. The number of benzene rings is 2. The first kappa shape index (κ1) is 15.9. The van der Waals surface area contributed by atoms with Gasteiger partial charge in [-0.1, -0.05) is 36.4 Å². The smallest absolute Gasteiger partial charge is 0.291 e. The van der Waals surface area contributed by atoms with Gasteiger partial charge >= 0.3 is 0 Å². The average molecular weight is 321 g/mol. The number of hydrogen-bond acceptors (Lipinski definition) is 3. The summed E-state index contributed by atoms with van der Waals surface area (Å²) in [6, 6.07) is 18.7. The maximum Gasteiger partial charge on any atom is 0.291 e. The number of carbonyl (C=O) groups excluding carboxylic acids is 1. The third-order valence-electron chi connectivity index (χ3n) is 3.68. The van der Waals surface area contributed by atoms with Crippen molar-refractivity contribution in [2.45, 2.75) is 20.5 Å². The van der Waals surface area contributed by atoms with Crippen LogP contribution < -0.4 is 10.1 Å². The van der Waals surface area contributed by atoms with Crippen LogP contribution in [0, 0.1) is 13.8 Å². The molecule has 0 aliphatic carbocycles. The first-order chi connectivity index (χ1) is 11.6. The molecule has 0 bridgehead atoms. The molecule has 0 atom stereocenters. The molecule has 2 aromatic carbocycles. The van der Waals surface area contributed by atoms with Gasteiger partial charge < -0.3 is 14.5 Å². The Labute approximate surface area is 141 Å². The van der Waals surface area contributed by atoms with Crippen LogP contribution in [-0.2, 0) is 6.61 Å². The van der Waals surface area contributed by atoms with Crippen LogP contribution in [0.5, 0.6) is 5.75 Å². The van der Waals surface area contributed by atoms with Gasteiger partial charge in [-0.2, -0.15) is 0 Å². The molecular formula is C20H19NO3. The Kier molecular flexibility index (Phi) is 4.66. The number of hydrogen-bond donors (Lipinski definition) is 1. The number of aryl methyl sites for hydroxylation is 2. The van der Waals surface area contributed by atoms with Crippen molar-refractivity contribution in [3.63, 3.8) is 0 Å². The molecule has 24 heavy (non-hydrogen) atoms. The van der Waals surface area contributed by atoms with Gasteiger partial charge in [-0.05, 0) is 49.2 Å². The summed E-state index contributed by atoms with van der Waals surface area (Å²) in [5, 5.41) is 2.79. The molecule has 1 amide bonds. The Balaban J connectivity index is 1.64. The van der Waals surface area contributed by atoms with Gasteiger partial charge in [-0.15, -0.1) is 0 Å². The van der Waals surface area contributed by atoms with Gasteiger partial charge in [-0.25, -0.2) is 0 Å². The van der Waals surface area contributed by atoms with E-state index in [2.05, 4.69) is 5.32 Å². The third-order valence-corrected chi connectivity index (χ3v) is 3.68. The van der Waals surface area contributed by atoms with Gasteiger partial charge in [0.05, 0.1) is 0 Å². The van der Waals surface area contributed by atoms with Gasteiger partial charge in [0.25, 0.3) is 5.91 Å². The minimum absolute atomic E-state index is 0.263. The molecule has 0 unspecified atom stereocenters. The van der Waals surface area contributed by atoms with Gasteiger partial charge in [-0.3, -0.25) is 4.79 Å². The highest BCUT2D eigenvalue weighted by molar-refractivity contribution is 6.02. The number of carbonyl (C=O) groups is 1. The Morgan fingerprint density at radius 3 is 2.38 bits per heavy atom. The molecule has 0 aliphatic rings. The number of ether oxygens (including phenoxy) is 1. The highest BCUT2D eigenvalue weighted by Gasteiger charge is 2.12. The van der Waals surface area contributed by atoms with E-state index in [1.54, 1.807) is 12.1 Å². The van der Waals surface area contributed by atoms with E-state index >= 15 is 0 Å². The summed E-state index contributed by atoms with van der Waals surface area (Å²) < 4.78 is 11.4. The van der Waals surface area contributed by atoms with Gasteiger partial charge in [0.15, 0.2) is 5.76 Å². The minimum Gasteiger partial charge on any atom is -0.485 e. The molecule has 0 aliphatic heterocycles. The molecule has 4 heteroatoms. The van der Waals surface area contributed by atoms with Gasteiger partial charge in [0.1, 0.15) is 18.1 Å². The summed E-state index contributed by atoms with van der Waals surface area (Å²) in [7, 11) is 0. The Hall–Kier alpha value is -3.01. The molecule has 1 aromatic heterocycles. The van der Waals surface area contributed by atoms with E-state index in [1.165, 1.54) is 0 Å². The molecule has 0 spiro atoms. The van der Waals surface area contributed by atoms with Crippen LogP contribution in [0.25, 0.3) is 0 Å². The second-order valence-corrected chi connectivity index (χ2v) is 5.60. The molecule has 0 saturated heterocycles. The van der Waals surface area contributed by atoms with Crippen LogP contribution in [-0.4, -0.2) is 5.91 Å². The van der Waals surface area contributed by atoms with Crippen LogP contribution in [0.3, 0.4) is 0 Å². The summed E-state index contributed by atoms with van der Waals surface area (Å²) >= 11 is 0. The second-order valence-electron chi connectivity index (χ2n) is 5.60. The number of furan rings is 1. The maximum absolute atomic E-state index is 12.2. The van der Waals surface area contributed by atoms with E-state index in [9.17, 15) is 4.79 Å². The predicted octanol–water partition coefficient (Wildman–Crippen LogP) is 4.73. The lowest BCUT2D eigenvalue weighted by Crippen LogP contribution is -2.10. The van der Waals surface area contributed by atoms with E-state index in [0.717, 1.165) is 22.6 Å². The van der Waals surface area contributed by atoms with Crippen LogP contribution in [0.1, 0.15) is 27.4 Å². The zero-order valence-corrected chi connectivity index (χ0v) is 13.7. The van der Waals surface area contributed by atoms with E-state index in [-0.39, 0.29) is 18.3 Å². The van der Waals surface area contributed by atoms with Crippen LogP contribution in [0.2, 0.25) is 0 Å². The quantitative estimate of drug-likeness (QED) is 0.739. The van der Waals surface area contributed by atoms with Crippen molar-refractivity contribution in [2.24, 2.45) is 0 Å². The summed E-state index contributed by atoms with van der Waals surface area (Å²) in [5.74, 6) is 1.44. The molecule has 0 fully saturated rings. The summed E-state index contributed by atoms with van der Waals surface area (Å²) in [4.78, 5) is 12.2. The van der Waals surface area contributed by atoms with Crippen molar-refractivity contribution < 1.29 is 13.9 Å². The van der Waals surface area contributed by atoms with Crippen molar-refractivity contribution in [1.29, 1.82) is 0 Å². The van der Waals surface area contributed by atoms with Gasteiger partial charge in [0, 0.05) is 5.69 Å². The molecule has 1 N–H and O–H groups in total. The highest BCUT2D eigenvalue weighted by Crippen LogP contribution is 2.24. The number of para-hydroxylation sites is 2. The maximum atomic E-state index is 12.2. The standard InChI is InChI=1S/C20H19NO3/c1-14-7-6-8-15(2)19(14)23-13-17-11-12-18(24-17)20(22)21-16-9-4-3-5-10-16/h3-12H,13H2,1-2H3,(H,21,22). The second kappa shape index (κ2) is 7.04. The lowest BCUT2D eigenvalue weighted by Gasteiger charge is -2.10. The Morgan fingerprint density at radius 1 is 0.958 bits per heavy atom. The minimum atomic E-state index is -0.278. The largest absolute Gasteiger partial charge is 0.485 e. The first-order valence-electron chi connectivity index (χ1n) is 7.77. The fourth-order valence-electron chi connectivity index (χ4n) is 2.46. The predicted molar refractivity (Wildman–Crippen MR) is 93.4 cm³/mol. The molecule has 0 saturated carbocycles. The Morgan fingerprint density at radius 2 is 1.67 bits per heavy atom. The summed E-state index contributed by atoms with van der Waals surface area (Å²) in [6.45, 7) is 4.29. The van der Waals surface area contributed by atoms with E-state index in [0.29, 0.717) is 5.76 Å². The van der Waals surface area contributed by atoms with E-state index in [1.807, 2.05) is 62.4 Å². The van der Waals surface area contributed by atoms with E-state index < -0.39 is 0 Å².